The molecule has 0 unspecified atom stereocenters. The molecule has 0 spiro atoms. The Labute approximate surface area is 186 Å². The van der Waals surface area contributed by atoms with Crippen molar-refractivity contribution in [2.75, 3.05) is 5.32 Å². The van der Waals surface area contributed by atoms with Crippen LogP contribution < -0.4 is 16.2 Å². The monoisotopic (exact) mass is 467 g/mol. The number of anilines is 1. The lowest BCUT2D eigenvalue weighted by Gasteiger charge is -2.13. The molecule has 3 N–H and O–H groups in total. The molecule has 3 aromatic rings. The van der Waals surface area contributed by atoms with Crippen LogP contribution in [0, 0.1) is 0 Å². The van der Waals surface area contributed by atoms with Crippen LogP contribution in [0.2, 0.25) is 5.02 Å². The number of aryl methyl sites for hydroxylation is 1. The van der Waals surface area contributed by atoms with Gasteiger partial charge in [0.05, 0.1) is 10.6 Å². The number of carbonyl (C=O) groups excluding carboxylic acids is 1. The fraction of sp³-hybridized carbons (Fsp3) is 0.143. The van der Waals surface area contributed by atoms with Gasteiger partial charge in [0.25, 0.3) is 0 Å². The van der Waals surface area contributed by atoms with Crippen LogP contribution in [0.1, 0.15) is 28.6 Å². The molecule has 162 valence electrons. The fourth-order valence-electron chi connectivity index (χ4n) is 2.77. The normalized spacial score (nSPS) is 11.1. The number of carbonyl (C=O) groups is 1. The molecule has 0 fully saturated rings. The predicted molar refractivity (Wildman–Crippen MR) is 117 cm³/mol. The van der Waals surface area contributed by atoms with Crippen molar-refractivity contribution < 1.29 is 22.4 Å². The third-order valence-electron chi connectivity index (χ3n) is 4.32. The number of para-hydroxylation sites is 1. The minimum Gasteiger partial charge on any atom is -0.451 e. The number of hydrazine groups is 1. The topological polar surface area (TPSA) is 66.3 Å². The van der Waals surface area contributed by atoms with Crippen molar-refractivity contribution in [1.29, 1.82) is 0 Å². The van der Waals surface area contributed by atoms with E-state index in [0.717, 1.165) is 35.9 Å². The molecule has 0 aliphatic rings. The highest BCUT2D eigenvalue weighted by molar-refractivity contribution is 7.80. The Bertz CT molecular complexity index is 1120. The first-order valence-corrected chi connectivity index (χ1v) is 9.90. The van der Waals surface area contributed by atoms with E-state index < -0.39 is 17.6 Å². The zero-order valence-electron chi connectivity index (χ0n) is 16.1. The summed E-state index contributed by atoms with van der Waals surface area (Å²) in [7, 11) is 0. The van der Waals surface area contributed by atoms with Gasteiger partial charge in [-0.2, -0.15) is 13.2 Å². The number of benzene rings is 2. The molecule has 1 aromatic heterocycles. The first kappa shape index (κ1) is 22.6. The van der Waals surface area contributed by atoms with E-state index in [4.69, 9.17) is 28.2 Å². The van der Waals surface area contributed by atoms with Gasteiger partial charge in [-0.05, 0) is 60.6 Å². The molecule has 3 rings (SSSR count). The number of hydrogen-bond donors (Lipinski definition) is 3. The molecule has 0 saturated heterocycles. The number of hydrogen-bond acceptors (Lipinski definition) is 3. The van der Waals surface area contributed by atoms with Crippen molar-refractivity contribution in [2.45, 2.75) is 19.5 Å². The number of amides is 1. The standard InChI is InChI=1S/C21H17ClF3N3O2S/c1-2-12-5-3-4-6-16(12)26-20(31)28-27-19(29)18-10-9-17(30-18)14-11-13(21(23,24)25)7-8-15(14)22/h3-11H,2H2,1H3,(H,27,29)(H2,26,28,31). The maximum atomic E-state index is 13.0. The third kappa shape index (κ3) is 5.56. The highest BCUT2D eigenvalue weighted by Crippen LogP contribution is 2.36. The van der Waals surface area contributed by atoms with Gasteiger partial charge in [0.1, 0.15) is 5.76 Å². The highest BCUT2D eigenvalue weighted by Gasteiger charge is 2.31. The average Bonchev–Trinajstić information content (AvgIpc) is 3.22. The SMILES string of the molecule is CCc1ccccc1NC(=S)NNC(=O)c1ccc(-c2cc(C(F)(F)F)ccc2Cl)o1. The number of thiocarbonyl (C=S) groups is 1. The van der Waals surface area contributed by atoms with E-state index >= 15 is 0 Å². The van der Waals surface area contributed by atoms with Crippen molar-refractivity contribution in [3.63, 3.8) is 0 Å². The van der Waals surface area contributed by atoms with Gasteiger partial charge in [0.2, 0.25) is 0 Å². The molecule has 0 saturated carbocycles. The van der Waals surface area contributed by atoms with Crippen LogP contribution in [0.25, 0.3) is 11.3 Å². The molecular formula is C21H17ClF3N3O2S. The van der Waals surface area contributed by atoms with E-state index in [9.17, 15) is 18.0 Å². The largest absolute Gasteiger partial charge is 0.451 e. The number of rotatable bonds is 4. The quantitative estimate of drug-likeness (QED) is 0.333. The Balaban J connectivity index is 1.66. The van der Waals surface area contributed by atoms with Gasteiger partial charge in [-0.25, -0.2) is 0 Å². The molecule has 0 bridgehead atoms. The smallest absolute Gasteiger partial charge is 0.416 e. The van der Waals surface area contributed by atoms with Crippen molar-refractivity contribution in [2.24, 2.45) is 0 Å². The fourth-order valence-corrected chi connectivity index (χ4v) is 3.15. The van der Waals surface area contributed by atoms with Crippen molar-refractivity contribution in [3.8, 4) is 11.3 Å². The van der Waals surface area contributed by atoms with E-state index in [2.05, 4.69) is 16.2 Å². The van der Waals surface area contributed by atoms with Crippen LogP contribution in [-0.2, 0) is 12.6 Å². The second kappa shape index (κ2) is 9.40. The Hall–Kier alpha value is -3.04. The molecule has 0 radical (unpaired) electrons. The van der Waals surface area contributed by atoms with Crippen LogP contribution in [-0.4, -0.2) is 11.0 Å². The van der Waals surface area contributed by atoms with Crippen molar-refractivity contribution in [3.05, 3.63) is 76.5 Å². The lowest BCUT2D eigenvalue weighted by Crippen LogP contribution is -2.43. The Morgan fingerprint density at radius 3 is 2.55 bits per heavy atom. The highest BCUT2D eigenvalue weighted by atomic mass is 35.5. The summed E-state index contributed by atoms with van der Waals surface area (Å²) in [5.41, 5.74) is 5.93. The molecule has 2 aromatic carbocycles. The summed E-state index contributed by atoms with van der Waals surface area (Å²) in [6, 6.07) is 13.1. The van der Waals surface area contributed by atoms with Crippen molar-refractivity contribution >= 4 is 40.5 Å². The molecule has 10 heteroatoms. The van der Waals surface area contributed by atoms with Gasteiger partial charge in [-0.1, -0.05) is 36.7 Å². The molecule has 1 heterocycles. The second-order valence-corrected chi connectivity index (χ2v) is 7.22. The van der Waals surface area contributed by atoms with Gasteiger partial charge in [-0.15, -0.1) is 0 Å². The number of halogens is 4. The van der Waals surface area contributed by atoms with E-state index in [1.165, 1.54) is 12.1 Å². The van der Waals surface area contributed by atoms with Gasteiger partial charge in [-0.3, -0.25) is 15.6 Å². The summed E-state index contributed by atoms with van der Waals surface area (Å²) in [5, 5.41) is 3.20. The molecule has 1 amide bonds. The molecule has 31 heavy (non-hydrogen) atoms. The molecule has 0 atom stereocenters. The molecule has 0 aliphatic carbocycles. The minimum absolute atomic E-state index is 0.0249. The lowest BCUT2D eigenvalue weighted by atomic mass is 10.1. The van der Waals surface area contributed by atoms with Crippen LogP contribution >= 0.6 is 23.8 Å². The third-order valence-corrected chi connectivity index (χ3v) is 4.86. The number of furan rings is 1. The van der Waals surface area contributed by atoms with E-state index in [-0.39, 0.29) is 27.2 Å². The Morgan fingerprint density at radius 1 is 1.10 bits per heavy atom. The molecule has 0 aliphatic heterocycles. The summed E-state index contributed by atoms with van der Waals surface area (Å²) in [4.78, 5) is 12.3. The maximum absolute atomic E-state index is 13.0. The first-order valence-electron chi connectivity index (χ1n) is 9.11. The second-order valence-electron chi connectivity index (χ2n) is 6.40. The maximum Gasteiger partial charge on any atom is 0.416 e. The zero-order chi connectivity index (χ0) is 22.6. The lowest BCUT2D eigenvalue weighted by molar-refractivity contribution is -0.137. The number of alkyl halides is 3. The van der Waals surface area contributed by atoms with E-state index in [1.807, 2.05) is 31.2 Å². The summed E-state index contributed by atoms with van der Waals surface area (Å²) in [6.45, 7) is 2.00. The average molecular weight is 468 g/mol. The Morgan fingerprint density at radius 2 is 1.84 bits per heavy atom. The van der Waals surface area contributed by atoms with Crippen molar-refractivity contribution in [1.82, 2.24) is 10.9 Å². The predicted octanol–water partition coefficient (Wildman–Crippen LogP) is 5.81. The Kier molecular flexibility index (Phi) is 6.87. The minimum atomic E-state index is -4.53. The van der Waals surface area contributed by atoms with E-state index in [1.54, 1.807) is 0 Å². The van der Waals surface area contributed by atoms with Gasteiger partial charge >= 0.3 is 12.1 Å². The summed E-state index contributed by atoms with van der Waals surface area (Å²) in [6.07, 6.45) is -3.74. The summed E-state index contributed by atoms with van der Waals surface area (Å²) in [5.74, 6) is -0.770. The van der Waals surface area contributed by atoms with Gasteiger partial charge in [0.15, 0.2) is 10.9 Å². The number of nitrogens with one attached hydrogen (secondary N) is 3. The van der Waals surface area contributed by atoms with Crippen LogP contribution in [0.3, 0.4) is 0 Å². The van der Waals surface area contributed by atoms with Gasteiger partial charge < -0.3 is 9.73 Å². The van der Waals surface area contributed by atoms with Crippen LogP contribution in [0.4, 0.5) is 18.9 Å². The summed E-state index contributed by atoms with van der Waals surface area (Å²) >= 11 is 11.2. The zero-order valence-corrected chi connectivity index (χ0v) is 17.7. The first-order chi connectivity index (χ1) is 14.7. The summed E-state index contributed by atoms with van der Waals surface area (Å²) < 4.78 is 44.3. The molecule has 5 nitrogen and oxygen atoms in total. The van der Waals surface area contributed by atoms with E-state index in [0.29, 0.717) is 0 Å². The molecular weight excluding hydrogens is 451 g/mol. The van der Waals surface area contributed by atoms with Crippen LogP contribution in [0.15, 0.2) is 59.0 Å². The van der Waals surface area contributed by atoms with Gasteiger partial charge in [0, 0.05) is 11.3 Å². The van der Waals surface area contributed by atoms with Crippen LogP contribution in [0.5, 0.6) is 0 Å².